The molecule has 0 aliphatic rings. The third kappa shape index (κ3) is 6.02. The number of rotatable bonds is 10. The minimum absolute atomic E-state index is 0.0189. The molecular formula is C20H27FN4O4. The Morgan fingerprint density at radius 1 is 1.28 bits per heavy atom. The van der Waals surface area contributed by atoms with E-state index in [0.29, 0.717) is 12.8 Å². The molecule has 0 spiro atoms. The number of nitrogens with one attached hydrogen (secondary N) is 3. The van der Waals surface area contributed by atoms with Crippen molar-refractivity contribution in [2.45, 2.75) is 51.7 Å². The van der Waals surface area contributed by atoms with Gasteiger partial charge in [-0.3, -0.25) is 14.7 Å². The molecule has 2 rings (SSSR count). The number of ether oxygens (including phenoxy) is 1. The first-order valence-corrected chi connectivity index (χ1v) is 9.53. The van der Waals surface area contributed by atoms with Crippen LogP contribution in [0.4, 0.5) is 10.1 Å². The van der Waals surface area contributed by atoms with E-state index in [-0.39, 0.29) is 28.7 Å². The zero-order valence-electron chi connectivity index (χ0n) is 16.8. The Morgan fingerprint density at radius 2 is 2.03 bits per heavy atom. The van der Waals surface area contributed by atoms with E-state index in [4.69, 9.17) is 4.74 Å². The topological polar surface area (TPSA) is 116 Å². The first kappa shape index (κ1) is 22.4. The number of benzene rings is 1. The number of nitrogens with zero attached hydrogens (tertiary/aromatic N) is 1. The fraction of sp³-hybridized carbons (Fsp3) is 0.450. The van der Waals surface area contributed by atoms with Crippen molar-refractivity contribution in [2.75, 3.05) is 12.4 Å². The maximum absolute atomic E-state index is 14.1. The van der Waals surface area contributed by atoms with Crippen LogP contribution in [0.15, 0.2) is 24.4 Å². The van der Waals surface area contributed by atoms with Crippen LogP contribution in [0.3, 0.4) is 0 Å². The summed E-state index contributed by atoms with van der Waals surface area (Å²) in [5, 5.41) is 21.5. The number of aromatic nitrogens is 2. The molecule has 0 unspecified atom stereocenters. The van der Waals surface area contributed by atoms with Crippen LogP contribution >= 0.6 is 0 Å². The number of halogens is 1. The van der Waals surface area contributed by atoms with E-state index >= 15 is 0 Å². The molecule has 0 radical (unpaired) electrons. The van der Waals surface area contributed by atoms with Crippen LogP contribution in [0.25, 0.3) is 0 Å². The third-order valence-electron chi connectivity index (χ3n) is 4.46. The summed E-state index contributed by atoms with van der Waals surface area (Å²) in [4.78, 5) is 25.0. The first-order chi connectivity index (χ1) is 13.9. The minimum Gasteiger partial charge on any atom is -0.496 e. The van der Waals surface area contributed by atoms with E-state index in [9.17, 15) is 19.1 Å². The highest BCUT2D eigenvalue weighted by atomic mass is 19.1. The van der Waals surface area contributed by atoms with Crippen molar-refractivity contribution in [3.63, 3.8) is 0 Å². The molecule has 8 nitrogen and oxygen atoms in total. The molecule has 9 heteroatoms. The van der Waals surface area contributed by atoms with Crippen molar-refractivity contribution in [1.82, 2.24) is 15.5 Å². The zero-order chi connectivity index (χ0) is 21.4. The molecule has 1 aromatic carbocycles. The highest BCUT2D eigenvalue weighted by Crippen LogP contribution is 2.23. The van der Waals surface area contributed by atoms with Gasteiger partial charge in [0, 0.05) is 12.2 Å². The quantitative estimate of drug-likeness (QED) is 0.484. The van der Waals surface area contributed by atoms with Gasteiger partial charge >= 0.3 is 0 Å². The minimum atomic E-state index is -0.758. The Labute approximate surface area is 168 Å². The molecule has 158 valence electrons. The third-order valence-corrected chi connectivity index (χ3v) is 4.46. The normalized spacial score (nSPS) is 12.9. The summed E-state index contributed by atoms with van der Waals surface area (Å²) in [5.41, 5.74) is -0.161. The average molecular weight is 406 g/mol. The molecule has 1 aromatic heterocycles. The highest BCUT2D eigenvalue weighted by Gasteiger charge is 2.22. The lowest BCUT2D eigenvalue weighted by atomic mass is 10.1. The summed E-state index contributed by atoms with van der Waals surface area (Å²) in [6.45, 7) is 3.82. The molecule has 29 heavy (non-hydrogen) atoms. The van der Waals surface area contributed by atoms with Gasteiger partial charge in [0.2, 0.25) is 0 Å². The second-order valence-corrected chi connectivity index (χ2v) is 6.81. The van der Waals surface area contributed by atoms with Crippen LogP contribution in [0, 0.1) is 5.82 Å². The molecule has 2 atom stereocenters. The van der Waals surface area contributed by atoms with Gasteiger partial charge in [-0.25, -0.2) is 4.39 Å². The first-order valence-electron chi connectivity index (χ1n) is 9.53. The number of H-pyrrole nitrogens is 1. The molecule has 0 aliphatic carbocycles. The predicted molar refractivity (Wildman–Crippen MR) is 107 cm³/mol. The van der Waals surface area contributed by atoms with Gasteiger partial charge in [-0.15, -0.1) is 0 Å². The number of methoxy groups -OCH3 is 1. The zero-order valence-corrected chi connectivity index (χ0v) is 16.8. The van der Waals surface area contributed by atoms with Gasteiger partial charge in [0.15, 0.2) is 5.69 Å². The van der Waals surface area contributed by atoms with Gasteiger partial charge in [-0.05, 0) is 38.3 Å². The van der Waals surface area contributed by atoms with Crippen molar-refractivity contribution < 1.29 is 23.8 Å². The predicted octanol–water partition coefficient (Wildman–Crippen LogP) is 2.87. The summed E-state index contributed by atoms with van der Waals surface area (Å²) in [6.07, 6.45) is 3.74. The van der Waals surface area contributed by atoms with Gasteiger partial charge in [0.1, 0.15) is 17.1 Å². The Hall–Kier alpha value is -2.94. The van der Waals surface area contributed by atoms with E-state index in [2.05, 4.69) is 20.8 Å². The second-order valence-electron chi connectivity index (χ2n) is 6.81. The van der Waals surface area contributed by atoms with Gasteiger partial charge in [0.05, 0.1) is 18.9 Å². The van der Waals surface area contributed by atoms with Crippen molar-refractivity contribution in [2.24, 2.45) is 0 Å². The molecule has 0 fully saturated rings. The fourth-order valence-electron chi connectivity index (χ4n) is 2.92. The van der Waals surface area contributed by atoms with Crippen molar-refractivity contribution >= 4 is 17.5 Å². The van der Waals surface area contributed by atoms with E-state index in [1.54, 1.807) is 0 Å². The van der Waals surface area contributed by atoms with Crippen LogP contribution in [0.5, 0.6) is 5.75 Å². The number of carbonyl (C=O) groups excluding carboxylic acids is 2. The second kappa shape index (κ2) is 10.6. The molecule has 0 saturated carbocycles. The number of hydrogen-bond acceptors (Lipinski definition) is 5. The molecular weight excluding hydrogens is 379 g/mol. The monoisotopic (exact) mass is 406 g/mol. The van der Waals surface area contributed by atoms with E-state index in [0.717, 1.165) is 18.9 Å². The van der Waals surface area contributed by atoms with Gasteiger partial charge in [-0.2, -0.15) is 5.10 Å². The Kier molecular flexibility index (Phi) is 8.14. The van der Waals surface area contributed by atoms with Gasteiger partial charge < -0.3 is 20.5 Å². The lowest BCUT2D eigenvalue weighted by Gasteiger charge is -2.16. The van der Waals surface area contributed by atoms with Crippen LogP contribution in [0.1, 0.15) is 60.4 Å². The number of aromatic amines is 1. The van der Waals surface area contributed by atoms with Crippen molar-refractivity contribution in [1.29, 1.82) is 0 Å². The SMILES string of the molecule is CCC[C@@H](O)CC[C@@H](C)NC(=O)c1n[nH]cc1NC(=O)c1c(F)cccc1OC. The Balaban J connectivity index is 2.03. The number of anilines is 1. The van der Waals surface area contributed by atoms with Gasteiger partial charge in [-0.1, -0.05) is 19.4 Å². The van der Waals surface area contributed by atoms with Crippen LogP contribution in [0.2, 0.25) is 0 Å². The molecule has 4 N–H and O–H groups in total. The van der Waals surface area contributed by atoms with E-state index in [1.807, 2.05) is 13.8 Å². The highest BCUT2D eigenvalue weighted by molar-refractivity contribution is 6.09. The maximum atomic E-state index is 14.1. The lowest BCUT2D eigenvalue weighted by Crippen LogP contribution is -2.34. The molecule has 0 bridgehead atoms. The van der Waals surface area contributed by atoms with Gasteiger partial charge in [0.25, 0.3) is 11.8 Å². The number of aliphatic hydroxyl groups excluding tert-OH is 1. The Bertz CT molecular complexity index is 840. The maximum Gasteiger partial charge on any atom is 0.274 e. The standard InChI is InChI=1S/C20H27FN4O4/c1-4-6-13(26)10-9-12(2)23-20(28)18-15(11-22-25-18)24-19(27)17-14(21)7-5-8-16(17)29-3/h5,7-8,11-13,26H,4,6,9-10H2,1-3H3,(H,22,25)(H,23,28)(H,24,27)/t12-,13-/m1/s1. The number of aliphatic hydroxyl groups is 1. The molecule has 2 aromatic rings. The Morgan fingerprint density at radius 3 is 2.72 bits per heavy atom. The van der Waals surface area contributed by atoms with E-state index < -0.39 is 23.7 Å². The summed E-state index contributed by atoms with van der Waals surface area (Å²) in [6, 6.07) is 3.85. The largest absolute Gasteiger partial charge is 0.496 e. The molecule has 2 amide bonds. The summed E-state index contributed by atoms with van der Waals surface area (Å²) < 4.78 is 19.1. The number of hydrogen-bond donors (Lipinski definition) is 4. The smallest absolute Gasteiger partial charge is 0.274 e. The average Bonchev–Trinajstić information content (AvgIpc) is 3.14. The van der Waals surface area contributed by atoms with Crippen LogP contribution in [-0.4, -0.2) is 46.4 Å². The number of carbonyl (C=O) groups is 2. The molecule has 0 saturated heterocycles. The van der Waals surface area contributed by atoms with E-state index in [1.165, 1.54) is 25.4 Å². The van der Waals surface area contributed by atoms with Crippen molar-refractivity contribution in [3.05, 3.63) is 41.5 Å². The molecule has 1 heterocycles. The van der Waals surface area contributed by atoms with Crippen molar-refractivity contribution in [3.8, 4) is 5.75 Å². The lowest BCUT2D eigenvalue weighted by molar-refractivity contribution is 0.0924. The molecule has 0 aliphatic heterocycles. The fourth-order valence-corrected chi connectivity index (χ4v) is 2.92. The van der Waals surface area contributed by atoms with Crippen LogP contribution < -0.4 is 15.4 Å². The summed E-state index contributed by atoms with van der Waals surface area (Å²) in [5.74, 6) is -1.91. The summed E-state index contributed by atoms with van der Waals surface area (Å²) >= 11 is 0. The number of amides is 2. The summed E-state index contributed by atoms with van der Waals surface area (Å²) in [7, 11) is 1.33. The van der Waals surface area contributed by atoms with Crippen LogP contribution in [-0.2, 0) is 0 Å².